The Bertz CT molecular complexity index is 1580. The first kappa shape index (κ1) is 28.6. The maximum absolute atomic E-state index is 13.5. The van der Waals surface area contributed by atoms with Gasteiger partial charge in [-0.2, -0.15) is 0 Å². The van der Waals surface area contributed by atoms with E-state index < -0.39 is 17.7 Å². The van der Waals surface area contributed by atoms with E-state index in [0.29, 0.717) is 16.9 Å². The summed E-state index contributed by atoms with van der Waals surface area (Å²) in [5.41, 5.74) is 5.97. The van der Waals surface area contributed by atoms with Gasteiger partial charge in [-0.05, 0) is 74.4 Å². The van der Waals surface area contributed by atoms with Gasteiger partial charge in [0.2, 0.25) is 0 Å². The van der Waals surface area contributed by atoms with Crippen LogP contribution in [0.2, 0.25) is 0 Å². The van der Waals surface area contributed by atoms with Crippen molar-refractivity contribution < 1.29 is 19.1 Å². The van der Waals surface area contributed by atoms with Crippen LogP contribution in [-0.4, -0.2) is 60.5 Å². The summed E-state index contributed by atoms with van der Waals surface area (Å²) in [6.45, 7) is 9.13. The van der Waals surface area contributed by atoms with Gasteiger partial charge in [-0.25, -0.2) is 4.98 Å². The lowest BCUT2D eigenvalue weighted by Gasteiger charge is -2.37. The van der Waals surface area contributed by atoms with Crippen molar-refractivity contribution >= 4 is 34.9 Å². The number of nitrogens with zero attached hydrogens (tertiary/aromatic N) is 4. The normalized spacial score (nSPS) is 13.1. The first-order valence-corrected chi connectivity index (χ1v) is 14.0. The van der Waals surface area contributed by atoms with Crippen LogP contribution in [0.3, 0.4) is 0 Å². The lowest BCUT2D eigenvalue weighted by molar-refractivity contribution is -0.141. The van der Waals surface area contributed by atoms with Crippen LogP contribution < -0.4 is 15.1 Å². The highest BCUT2D eigenvalue weighted by atomic mass is 16.5. The van der Waals surface area contributed by atoms with E-state index in [1.165, 1.54) is 17.2 Å². The van der Waals surface area contributed by atoms with Crippen LogP contribution in [0.15, 0.2) is 72.8 Å². The zero-order valence-corrected chi connectivity index (χ0v) is 24.4. The van der Waals surface area contributed by atoms with Gasteiger partial charge in [-0.3, -0.25) is 14.4 Å². The number of aromatic nitrogens is 2. The summed E-state index contributed by atoms with van der Waals surface area (Å²) in [7, 11) is 1.29. The number of ether oxygens (including phenoxy) is 1. The number of pyridine rings is 1. The van der Waals surface area contributed by atoms with Crippen molar-refractivity contribution in [2.45, 2.75) is 27.3 Å². The van der Waals surface area contributed by atoms with Gasteiger partial charge in [0.25, 0.3) is 11.7 Å². The molecule has 5 rings (SSSR count). The molecule has 0 aliphatic carbocycles. The summed E-state index contributed by atoms with van der Waals surface area (Å²) in [6, 6.07) is 22.8. The molecule has 0 bridgehead atoms. The topological polar surface area (TPSA) is 96.8 Å². The average Bonchev–Trinajstić information content (AvgIpc) is 3.32. The van der Waals surface area contributed by atoms with E-state index in [0.717, 1.165) is 48.9 Å². The molecule has 0 spiro atoms. The fourth-order valence-corrected chi connectivity index (χ4v) is 5.38. The van der Waals surface area contributed by atoms with Crippen molar-refractivity contribution in [1.29, 1.82) is 0 Å². The third-order valence-electron chi connectivity index (χ3n) is 7.50. The molecule has 2 aromatic carbocycles. The molecule has 1 amide bonds. The lowest BCUT2D eigenvalue weighted by Crippen LogP contribution is -2.46. The van der Waals surface area contributed by atoms with Crippen LogP contribution >= 0.6 is 0 Å². The maximum atomic E-state index is 13.5. The zero-order chi connectivity index (χ0) is 29.8. The molecule has 0 radical (unpaired) electrons. The molecule has 1 saturated heterocycles. The summed E-state index contributed by atoms with van der Waals surface area (Å²) < 4.78 is 6.37. The minimum Gasteiger partial charge on any atom is -0.468 e. The number of hydrogen-bond acceptors (Lipinski definition) is 7. The monoisotopic (exact) mass is 565 g/mol. The van der Waals surface area contributed by atoms with Gasteiger partial charge < -0.3 is 24.4 Å². The Hall–Kier alpha value is -4.92. The number of esters is 1. The fraction of sp³-hybridized carbons (Fsp3) is 0.273. The standard InChI is InChI=1S/C33H35N5O4/c1-22-18-23(2)34-29(19-22)37-16-14-36(15-17-37)27-12-10-26(11-13-27)35-33(41)32(40)31-28(25-8-6-5-7-9-25)20-24(3)38(31)21-30(39)42-4/h5-13,18-20H,14-17,21H2,1-4H3,(H,35,41). The molecule has 42 heavy (non-hydrogen) atoms. The fourth-order valence-electron chi connectivity index (χ4n) is 5.38. The second-order valence-electron chi connectivity index (χ2n) is 10.5. The van der Waals surface area contributed by atoms with Crippen molar-refractivity contribution in [2.24, 2.45) is 0 Å². The first-order valence-electron chi connectivity index (χ1n) is 14.0. The van der Waals surface area contributed by atoms with E-state index in [-0.39, 0.29) is 12.2 Å². The van der Waals surface area contributed by atoms with Gasteiger partial charge >= 0.3 is 5.97 Å². The number of methoxy groups -OCH3 is 1. The molecule has 9 nitrogen and oxygen atoms in total. The molecular weight excluding hydrogens is 530 g/mol. The number of benzene rings is 2. The number of piperazine rings is 1. The van der Waals surface area contributed by atoms with Crippen molar-refractivity contribution in [1.82, 2.24) is 9.55 Å². The Morgan fingerprint density at radius 3 is 2.17 bits per heavy atom. The predicted molar refractivity (Wildman–Crippen MR) is 164 cm³/mol. The summed E-state index contributed by atoms with van der Waals surface area (Å²) in [5, 5.41) is 2.74. The van der Waals surface area contributed by atoms with Crippen LogP contribution in [0, 0.1) is 20.8 Å². The summed E-state index contributed by atoms with van der Waals surface area (Å²) >= 11 is 0. The van der Waals surface area contributed by atoms with Crippen molar-refractivity contribution in [3.63, 3.8) is 0 Å². The number of carbonyl (C=O) groups is 3. The smallest absolute Gasteiger partial charge is 0.325 e. The second-order valence-corrected chi connectivity index (χ2v) is 10.5. The molecule has 1 N–H and O–H groups in total. The van der Waals surface area contributed by atoms with Crippen LogP contribution in [0.4, 0.5) is 17.2 Å². The number of ketones is 1. The molecule has 2 aromatic heterocycles. The van der Waals surface area contributed by atoms with Crippen LogP contribution in [-0.2, 0) is 20.9 Å². The Balaban J connectivity index is 1.28. The average molecular weight is 566 g/mol. The van der Waals surface area contributed by atoms with Gasteiger partial charge in [-0.15, -0.1) is 0 Å². The van der Waals surface area contributed by atoms with E-state index >= 15 is 0 Å². The van der Waals surface area contributed by atoms with Crippen molar-refractivity contribution in [2.75, 3.05) is 48.4 Å². The number of aryl methyl sites for hydroxylation is 3. The Kier molecular flexibility index (Phi) is 8.38. The molecule has 1 fully saturated rings. The Morgan fingerprint density at radius 1 is 0.857 bits per heavy atom. The largest absolute Gasteiger partial charge is 0.468 e. The Morgan fingerprint density at radius 2 is 1.52 bits per heavy atom. The Labute approximate surface area is 245 Å². The molecule has 3 heterocycles. The zero-order valence-electron chi connectivity index (χ0n) is 24.4. The SMILES string of the molecule is COC(=O)Cn1c(C)cc(-c2ccccc2)c1C(=O)C(=O)Nc1ccc(N2CCN(c3cc(C)cc(C)n3)CC2)cc1. The van der Waals surface area contributed by atoms with Gasteiger partial charge in [0, 0.05) is 54.5 Å². The molecule has 0 unspecified atom stereocenters. The molecule has 1 aliphatic heterocycles. The number of amides is 1. The highest BCUT2D eigenvalue weighted by molar-refractivity contribution is 6.47. The second kappa shape index (κ2) is 12.3. The van der Waals surface area contributed by atoms with E-state index in [4.69, 9.17) is 9.72 Å². The van der Waals surface area contributed by atoms with Crippen LogP contribution in [0.1, 0.15) is 27.4 Å². The molecular formula is C33H35N5O4. The number of carbonyl (C=O) groups excluding carboxylic acids is 3. The van der Waals surface area contributed by atoms with Gasteiger partial charge in [0.1, 0.15) is 18.1 Å². The van der Waals surface area contributed by atoms with Gasteiger partial charge in [0.05, 0.1) is 7.11 Å². The number of nitrogens with one attached hydrogen (secondary N) is 1. The van der Waals surface area contributed by atoms with E-state index in [1.807, 2.05) is 55.5 Å². The van der Waals surface area contributed by atoms with E-state index in [1.54, 1.807) is 19.1 Å². The van der Waals surface area contributed by atoms with Gasteiger partial charge in [0.15, 0.2) is 0 Å². The molecule has 9 heteroatoms. The maximum Gasteiger partial charge on any atom is 0.325 e. The van der Waals surface area contributed by atoms with E-state index in [9.17, 15) is 14.4 Å². The molecule has 0 atom stereocenters. The van der Waals surface area contributed by atoms with Gasteiger partial charge in [-0.1, -0.05) is 30.3 Å². The summed E-state index contributed by atoms with van der Waals surface area (Å²) in [5.74, 6) is -1.01. The quantitative estimate of drug-likeness (QED) is 0.186. The molecule has 1 aliphatic rings. The number of hydrogen-bond donors (Lipinski definition) is 1. The highest BCUT2D eigenvalue weighted by Gasteiger charge is 2.27. The third kappa shape index (κ3) is 6.20. The molecule has 0 saturated carbocycles. The number of rotatable bonds is 8. The summed E-state index contributed by atoms with van der Waals surface area (Å²) in [4.78, 5) is 48.2. The van der Waals surface area contributed by atoms with Crippen LogP contribution in [0.25, 0.3) is 11.1 Å². The lowest BCUT2D eigenvalue weighted by atomic mass is 10.0. The van der Waals surface area contributed by atoms with E-state index in [2.05, 4.69) is 34.2 Å². The highest BCUT2D eigenvalue weighted by Crippen LogP contribution is 2.29. The molecule has 216 valence electrons. The minimum absolute atomic E-state index is 0.148. The third-order valence-corrected chi connectivity index (χ3v) is 7.50. The predicted octanol–water partition coefficient (Wildman–Crippen LogP) is 4.80. The molecule has 4 aromatic rings. The minimum atomic E-state index is -0.779. The number of Topliss-reactive ketones (excluding diaryl/α,β-unsaturated/α-hetero) is 1. The first-order chi connectivity index (χ1) is 20.2. The summed E-state index contributed by atoms with van der Waals surface area (Å²) in [6.07, 6.45) is 0. The number of anilines is 3. The van der Waals surface area contributed by atoms with Crippen molar-refractivity contribution in [3.8, 4) is 11.1 Å². The van der Waals surface area contributed by atoms with Crippen LogP contribution in [0.5, 0.6) is 0 Å². The van der Waals surface area contributed by atoms with Crippen molar-refractivity contribution in [3.05, 3.63) is 95.4 Å².